The second kappa shape index (κ2) is 1.58. The third kappa shape index (κ3) is 0.679. The predicted molar refractivity (Wildman–Crippen MR) is 38.7 cm³/mol. The van der Waals surface area contributed by atoms with E-state index in [9.17, 15) is 0 Å². The van der Waals surface area contributed by atoms with Crippen LogP contribution < -0.4 is 17.2 Å². The Kier molecular flexibility index (Phi) is 1.02. The summed E-state index contributed by atoms with van der Waals surface area (Å²) in [6.07, 6.45) is 1.69. The summed E-state index contributed by atoms with van der Waals surface area (Å²) in [7, 11) is 1.79. The molecule has 0 aliphatic rings. The first-order chi connectivity index (χ1) is 4.13. The van der Waals surface area contributed by atoms with E-state index < -0.39 is 0 Å². The summed E-state index contributed by atoms with van der Waals surface area (Å²) < 4.78 is 1.69. The SMILES string of the molecule is Cn1cc(N)c(N)c1N. The third-order valence-corrected chi connectivity index (χ3v) is 1.30. The van der Waals surface area contributed by atoms with Gasteiger partial charge < -0.3 is 21.8 Å². The zero-order valence-electron chi connectivity index (χ0n) is 5.26. The summed E-state index contributed by atoms with van der Waals surface area (Å²) in [6.45, 7) is 0. The van der Waals surface area contributed by atoms with Gasteiger partial charge in [0.1, 0.15) is 5.82 Å². The Hall–Kier alpha value is -1.32. The fourth-order valence-corrected chi connectivity index (χ4v) is 0.686. The number of nitrogens with two attached hydrogens (primary N) is 3. The minimum absolute atomic E-state index is 0.470. The Labute approximate surface area is 53.2 Å². The summed E-state index contributed by atoms with van der Waals surface area (Å²) in [5.41, 5.74) is 17.3. The number of aromatic nitrogens is 1. The normalized spacial score (nSPS) is 9.89. The molecule has 0 atom stereocenters. The highest BCUT2D eigenvalue weighted by atomic mass is 15.0. The first-order valence-electron chi connectivity index (χ1n) is 2.58. The summed E-state index contributed by atoms with van der Waals surface area (Å²) in [5, 5.41) is 0. The maximum Gasteiger partial charge on any atom is 0.128 e. The summed E-state index contributed by atoms with van der Waals surface area (Å²) in [6, 6.07) is 0. The van der Waals surface area contributed by atoms with Crippen molar-refractivity contribution in [1.82, 2.24) is 4.57 Å². The molecular formula is C5H10N4. The molecule has 0 radical (unpaired) electrons. The van der Waals surface area contributed by atoms with Crippen molar-refractivity contribution in [2.75, 3.05) is 17.2 Å². The van der Waals surface area contributed by atoms with E-state index >= 15 is 0 Å². The molecule has 50 valence electrons. The molecule has 9 heavy (non-hydrogen) atoms. The van der Waals surface area contributed by atoms with Gasteiger partial charge in [-0.05, 0) is 0 Å². The van der Waals surface area contributed by atoms with Gasteiger partial charge in [-0.2, -0.15) is 0 Å². The lowest BCUT2D eigenvalue weighted by atomic mass is 10.4. The van der Waals surface area contributed by atoms with E-state index in [1.54, 1.807) is 17.8 Å². The fraction of sp³-hybridized carbons (Fsp3) is 0.200. The number of hydrogen-bond acceptors (Lipinski definition) is 3. The predicted octanol–water partition coefficient (Wildman–Crippen LogP) is -0.228. The van der Waals surface area contributed by atoms with Crippen LogP contribution in [0.4, 0.5) is 17.2 Å². The second-order valence-electron chi connectivity index (χ2n) is 1.99. The molecule has 1 rings (SSSR count). The Morgan fingerprint density at radius 3 is 2.00 bits per heavy atom. The highest BCUT2D eigenvalue weighted by molar-refractivity contribution is 5.75. The second-order valence-corrected chi connectivity index (χ2v) is 1.99. The molecule has 0 unspecified atom stereocenters. The molecule has 6 N–H and O–H groups in total. The first kappa shape index (κ1) is 5.81. The van der Waals surface area contributed by atoms with E-state index in [4.69, 9.17) is 17.2 Å². The Balaban J connectivity index is 3.29. The van der Waals surface area contributed by atoms with Crippen LogP contribution in [0.3, 0.4) is 0 Å². The fourth-order valence-electron chi connectivity index (χ4n) is 0.686. The van der Waals surface area contributed by atoms with Gasteiger partial charge in [0, 0.05) is 13.2 Å². The lowest BCUT2D eigenvalue weighted by Crippen LogP contribution is -1.97. The zero-order valence-corrected chi connectivity index (χ0v) is 5.26. The van der Waals surface area contributed by atoms with Gasteiger partial charge in [-0.15, -0.1) is 0 Å². The zero-order chi connectivity index (χ0) is 7.02. The van der Waals surface area contributed by atoms with Crippen molar-refractivity contribution in [2.24, 2.45) is 7.05 Å². The van der Waals surface area contributed by atoms with Crippen LogP contribution in [0.5, 0.6) is 0 Å². The smallest absolute Gasteiger partial charge is 0.128 e. The molecule has 1 heterocycles. The van der Waals surface area contributed by atoms with E-state index in [1.807, 2.05) is 0 Å². The molecule has 4 heteroatoms. The molecule has 0 saturated carbocycles. The van der Waals surface area contributed by atoms with Gasteiger partial charge in [-0.1, -0.05) is 0 Å². The summed E-state index contributed by atoms with van der Waals surface area (Å²) >= 11 is 0. The van der Waals surface area contributed by atoms with Gasteiger partial charge in [0.05, 0.1) is 11.4 Å². The molecule has 4 nitrogen and oxygen atoms in total. The monoisotopic (exact) mass is 126 g/mol. The van der Waals surface area contributed by atoms with Crippen molar-refractivity contribution < 1.29 is 0 Å². The highest BCUT2D eigenvalue weighted by Gasteiger charge is 2.02. The van der Waals surface area contributed by atoms with Gasteiger partial charge in [0.15, 0.2) is 0 Å². The van der Waals surface area contributed by atoms with Gasteiger partial charge in [0.25, 0.3) is 0 Å². The van der Waals surface area contributed by atoms with Crippen LogP contribution in [0.15, 0.2) is 6.20 Å². The number of hydrogen-bond donors (Lipinski definition) is 3. The Morgan fingerprint density at radius 1 is 1.33 bits per heavy atom. The van der Waals surface area contributed by atoms with Crippen LogP contribution in [0.1, 0.15) is 0 Å². The van der Waals surface area contributed by atoms with Crippen molar-refractivity contribution in [3.05, 3.63) is 6.20 Å². The average molecular weight is 126 g/mol. The van der Waals surface area contributed by atoms with Crippen molar-refractivity contribution in [1.29, 1.82) is 0 Å². The number of nitrogens with zero attached hydrogens (tertiary/aromatic N) is 1. The van der Waals surface area contributed by atoms with Crippen molar-refractivity contribution in [2.45, 2.75) is 0 Å². The molecule has 0 fully saturated rings. The van der Waals surface area contributed by atoms with Crippen LogP contribution in [0.25, 0.3) is 0 Å². The minimum atomic E-state index is 0.470. The van der Waals surface area contributed by atoms with E-state index in [2.05, 4.69) is 0 Å². The maximum atomic E-state index is 5.46. The van der Waals surface area contributed by atoms with Crippen LogP contribution in [0, 0.1) is 0 Å². The number of aryl methyl sites for hydroxylation is 1. The average Bonchev–Trinajstić information content (AvgIpc) is 1.98. The number of nitrogen functional groups attached to an aromatic ring is 3. The van der Waals surface area contributed by atoms with E-state index in [1.165, 1.54) is 0 Å². The van der Waals surface area contributed by atoms with Gasteiger partial charge in [-0.3, -0.25) is 0 Å². The number of rotatable bonds is 0. The molecule has 0 aliphatic heterocycles. The standard InChI is InChI=1S/C5H10N4/c1-9-2-3(6)4(7)5(9)8/h2H,6-8H2,1H3. The van der Waals surface area contributed by atoms with Crippen molar-refractivity contribution in [3.63, 3.8) is 0 Å². The van der Waals surface area contributed by atoms with E-state index in [0.29, 0.717) is 17.2 Å². The molecule has 0 bridgehead atoms. The van der Waals surface area contributed by atoms with Crippen LogP contribution >= 0.6 is 0 Å². The van der Waals surface area contributed by atoms with Crippen LogP contribution in [-0.4, -0.2) is 4.57 Å². The summed E-state index contributed by atoms with van der Waals surface area (Å²) in [4.78, 5) is 0. The largest absolute Gasteiger partial charge is 0.396 e. The molecule has 1 aromatic heterocycles. The molecule has 0 saturated heterocycles. The Bertz CT molecular complexity index is 203. The van der Waals surface area contributed by atoms with Gasteiger partial charge >= 0.3 is 0 Å². The molecule has 0 aliphatic carbocycles. The minimum Gasteiger partial charge on any atom is -0.396 e. The van der Waals surface area contributed by atoms with E-state index in [-0.39, 0.29) is 0 Å². The van der Waals surface area contributed by atoms with Crippen molar-refractivity contribution >= 4 is 17.2 Å². The topological polar surface area (TPSA) is 83.0 Å². The maximum absolute atomic E-state index is 5.46. The third-order valence-electron chi connectivity index (χ3n) is 1.30. The van der Waals surface area contributed by atoms with Gasteiger partial charge in [-0.25, -0.2) is 0 Å². The first-order valence-corrected chi connectivity index (χ1v) is 2.58. The Morgan fingerprint density at radius 2 is 1.89 bits per heavy atom. The molecule has 1 aromatic rings. The van der Waals surface area contributed by atoms with Crippen LogP contribution in [-0.2, 0) is 7.05 Å². The molecule has 0 aromatic carbocycles. The molecule has 0 spiro atoms. The highest BCUT2D eigenvalue weighted by Crippen LogP contribution is 2.22. The molecule has 0 amide bonds. The quantitative estimate of drug-likeness (QED) is 0.449. The van der Waals surface area contributed by atoms with Crippen LogP contribution in [0.2, 0.25) is 0 Å². The summed E-state index contributed by atoms with van der Waals surface area (Å²) in [5.74, 6) is 0.521. The molecular weight excluding hydrogens is 116 g/mol. The number of anilines is 3. The van der Waals surface area contributed by atoms with Gasteiger partial charge in [0.2, 0.25) is 0 Å². The lowest BCUT2D eigenvalue weighted by Gasteiger charge is -1.93. The van der Waals surface area contributed by atoms with Crippen molar-refractivity contribution in [3.8, 4) is 0 Å². The lowest BCUT2D eigenvalue weighted by molar-refractivity contribution is 0.943. The van der Waals surface area contributed by atoms with E-state index in [0.717, 1.165) is 0 Å².